The molecule has 33 heavy (non-hydrogen) atoms. The Bertz CT molecular complexity index is 1860. The number of ether oxygens (including phenoxy) is 1. The second kappa shape index (κ2) is 6.46. The van der Waals surface area contributed by atoms with Gasteiger partial charge in [0.25, 0.3) is 0 Å². The molecule has 4 aromatic carbocycles. The molecule has 0 fully saturated rings. The fourth-order valence-electron chi connectivity index (χ4n) is 5.51. The van der Waals surface area contributed by atoms with E-state index in [1.165, 1.54) is 60.1 Å². The van der Waals surface area contributed by atoms with Crippen LogP contribution in [0, 0.1) is 13.8 Å². The lowest BCUT2D eigenvalue weighted by molar-refractivity contribution is -0.643. The van der Waals surface area contributed by atoms with E-state index < -0.39 is 0 Å². The fourth-order valence-corrected chi connectivity index (χ4v) is 5.51. The highest BCUT2D eigenvalue weighted by Crippen LogP contribution is 2.42. The Labute approximate surface area is 191 Å². The minimum absolute atomic E-state index is 0.843. The van der Waals surface area contributed by atoms with Crippen molar-refractivity contribution in [2.24, 2.45) is 7.05 Å². The zero-order valence-corrected chi connectivity index (χ0v) is 18.9. The number of hydrogen-bond donors (Lipinski definition) is 0. The molecule has 0 bridgehead atoms. The minimum atomic E-state index is 0.843. The zero-order chi connectivity index (χ0) is 22.3. The van der Waals surface area contributed by atoms with E-state index in [1.54, 1.807) is 0 Å². The van der Waals surface area contributed by atoms with Gasteiger partial charge in [0.1, 0.15) is 18.5 Å². The van der Waals surface area contributed by atoms with E-state index in [-0.39, 0.29) is 0 Å². The van der Waals surface area contributed by atoms with E-state index >= 15 is 0 Å². The molecule has 3 heteroatoms. The Balaban J connectivity index is 1.75. The van der Waals surface area contributed by atoms with Gasteiger partial charge in [-0.25, -0.2) is 4.57 Å². The van der Waals surface area contributed by atoms with Crippen molar-refractivity contribution in [2.45, 2.75) is 13.8 Å². The molecule has 0 aliphatic rings. The third kappa shape index (κ3) is 2.42. The highest BCUT2D eigenvalue weighted by Gasteiger charge is 2.25. The number of rotatable bonds is 2. The summed E-state index contributed by atoms with van der Waals surface area (Å²) in [6.07, 6.45) is 2.17. The van der Waals surface area contributed by atoms with Crippen LogP contribution in [0.1, 0.15) is 11.1 Å². The standard InChI is InChI=1S/C30H23N2O/c1-18-15-24-23-11-7-8-12-25(23)32-26-17-22(33-21-9-5-4-6-10-21)16-20-13-14-31(3)30(28(20)26)27(19(18)2)29(24)32/h4-17H,1-3H3/q+1. The predicted molar refractivity (Wildman–Crippen MR) is 136 cm³/mol. The fraction of sp³-hybridized carbons (Fsp3) is 0.100. The Hall–Kier alpha value is -4.11. The van der Waals surface area contributed by atoms with Gasteiger partial charge in [0.2, 0.25) is 5.52 Å². The topological polar surface area (TPSA) is 17.5 Å². The van der Waals surface area contributed by atoms with Crippen LogP contribution in [0.15, 0.2) is 85.1 Å². The Morgan fingerprint density at radius 1 is 0.727 bits per heavy atom. The van der Waals surface area contributed by atoms with Crippen molar-refractivity contribution in [2.75, 3.05) is 0 Å². The zero-order valence-electron chi connectivity index (χ0n) is 18.9. The number of pyridine rings is 2. The molecular weight excluding hydrogens is 404 g/mol. The van der Waals surface area contributed by atoms with Crippen LogP contribution < -0.4 is 9.30 Å². The quantitative estimate of drug-likeness (QED) is 0.162. The lowest BCUT2D eigenvalue weighted by Crippen LogP contribution is -2.29. The molecule has 3 nitrogen and oxygen atoms in total. The molecular formula is C30H23N2O+. The van der Waals surface area contributed by atoms with Crippen LogP contribution in [0.4, 0.5) is 0 Å². The summed E-state index contributed by atoms with van der Waals surface area (Å²) in [7, 11) is 2.15. The number of aryl methyl sites for hydroxylation is 3. The molecule has 0 amide bonds. The molecule has 0 spiro atoms. The van der Waals surface area contributed by atoms with Crippen LogP contribution in [-0.2, 0) is 7.05 Å². The summed E-state index contributed by atoms with van der Waals surface area (Å²) in [6.45, 7) is 4.48. The normalized spacial score (nSPS) is 12.1. The lowest BCUT2D eigenvalue weighted by atomic mass is 9.96. The van der Waals surface area contributed by atoms with E-state index in [0.717, 1.165) is 11.5 Å². The van der Waals surface area contributed by atoms with Gasteiger partial charge in [-0.3, -0.25) is 0 Å². The van der Waals surface area contributed by atoms with Gasteiger partial charge >= 0.3 is 0 Å². The highest BCUT2D eigenvalue weighted by molar-refractivity contribution is 6.26. The average molecular weight is 428 g/mol. The minimum Gasteiger partial charge on any atom is -0.457 e. The molecule has 0 aliphatic heterocycles. The summed E-state index contributed by atoms with van der Waals surface area (Å²) in [4.78, 5) is 0. The van der Waals surface area contributed by atoms with Crippen LogP contribution in [0.2, 0.25) is 0 Å². The largest absolute Gasteiger partial charge is 0.457 e. The summed E-state index contributed by atoms with van der Waals surface area (Å²) >= 11 is 0. The second-order valence-electron chi connectivity index (χ2n) is 9.04. The molecule has 0 N–H and O–H groups in total. The Morgan fingerprint density at radius 2 is 1.52 bits per heavy atom. The smallest absolute Gasteiger partial charge is 0.224 e. The summed E-state index contributed by atoms with van der Waals surface area (Å²) in [5.74, 6) is 1.69. The SMILES string of the molecule is Cc1cc2c3ccccc3n3c4cc(Oc5ccccc5)cc5cc[n+](C)c(c(c1C)c23)c54. The third-order valence-corrected chi connectivity index (χ3v) is 7.12. The Morgan fingerprint density at radius 3 is 2.36 bits per heavy atom. The van der Waals surface area contributed by atoms with Gasteiger partial charge < -0.3 is 9.14 Å². The van der Waals surface area contributed by atoms with Gasteiger partial charge in [0.05, 0.1) is 27.3 Å². The van der Waals surface area contributed by atoms with Crippen molar-refractivity contribution < 1.29 is 9.30 Å². The van der Waals surface area contributed by atoms with E-state index in [4.69, 9.17) is 4.74 Å². The Kier molecular flexibility index (Phi) is 3.61. The van der Waals surface area contributed by atoms with Crippen molar-refractivity contribution in [3.8, 4) is 11.5 Å². The number of fused-ring (bicyclic) bond motifs is 5. The maximum absolute atomic E-state index is 6.32. The molecule has 0 radical (unpaired) electrons. The summed E-state index contributed by atoms with van der Waals surface area (Å²) < 4.78 is 11.0. The van der Waals surface area contributed by atoms with Crippen molar-refractivity contribution in [1.82, 2.24) is 4.40 Å². The number of para-hydroxylation sites is 2. The molecule has 0 aliphatic carbocycles. The molecule has 0 atom stereocenters. The lowest BCUT2D eigenvalue weighted by Gasteiger charge is -2.15. The van der Waals surface area contributed by atoms with E-state index in [9.17, 15) is 0 Å². The first-order valence-corrected chi connectivity index (χ1v) is 11.4. The second-order valence-corrected chi connectivity index (χ2v) is 9.04. The van der Waals surface area contributed by atoms with E-state index in [1.807, 2.05) is 30.3 Å². The molecule has 7 rings (SSSR count). The first-order chi connectivity index (χ1) is 16.1. The molecule has 3 heterocycles. The summed E-state index contributed by atoms with van der Waals surface area (Å²) in [5, 5.41) is 6.38. The number of benzene rings is 4. The molecule has 0 saturated carbocycles. The van der Waals surface area contributed by atoms with Gasteiger partial charge in [0.15, 0.2) is 6.20 Å². The van der Waals surface area contributed by atoms with Crippen LogP contribution in [0.5, 0.6) is 11.5 Å². The van der Waals surface area contributed by atoms with E-state index in [2.05, 4.69) is 84.6 Å². The molecule has 158 valence electrons. The molecule has 7 aromatic rings. The van der Waals surface area contributed by atoms with Gasteiger partial charge in [0, 0.05) is 28.3 Å². The monoisotopic (exact) mass is 427 g/mol. The van der Waals surface area contributed by atoms with Crippen LogP contribution >= 0.6 is 0 Å². The number of nitrogens with zero attached hydrogens (tertiary/aromatic N) is 2. The maximum Gasteiger partial charge on any atom is 0.224 e. The van der Waals surface area contributed by atoms with Crippen molar-refractivity contribution in [3.63, 3.8) is 0 Å². The summed E-state index contributed by atoms with van der Waals surface area (Å²) in [5.41, 5.74) is 7.62. The number of aromatic nitrogens is 2. The van der Waals surface area contributed by atoms with Gasteiger partial charge in [-0.2, -0.15) is 0 Å². The van der Waals surface area contributed by atoms with Gasteiger partial charge in [-0.05, 0) is 55.3 Å². The summed E-state index contributed by atoms with van der Waals surface area (Å²) in [6, 6.07) is 27.6. The van der Waals surface area contributed by atoms with Crippen LogP contribution in [-0.4, -0.2) is 4.40 Å². The number of hydrogen-bond acceptors (Lipinski definition) is 1. The van der Waals surface area contributed by atoms with Gasteiger partial charge in [-0.1, -0.05) is 36.4 Å². The average Bonchev–Trinajstić information content (AvgIpc) is 3.15. The maximum atomic E-state index is 6.32. The molecule has 0 saturated heterocycles. The first kappa shape index (κ1) is 18.5. The van der Waals surface area contributed by atoms with Crippen molar-refractivity contribution in [3.05, 3.63) is 96.2 Å². The molecule has 0 unspecified atom stereocenters. The van der Waals surface area contributed by atoms with E-state index in [0.29, 0.717) is 0 Å². The van der Waals surface area contributed by atoms with Crippen molar-refractivity contribution in [1.29, 1.82) is 0 Å². The first-order valence-electron chi connectivity index (χ1n) is 11.4. The van der Waals surface area contributed by atoms with Crippen LogP contribution in [0.3, 0.4) is 0 Å². The van der Waals surface area contributed by atoms with Gasteiger partial charge in [-0.15, -0.1) is 0 Å². The van der Waals surface area contributed by atoms with Crippen LogP contribution in [0.25, 0.3) is 49.0 Å². The molecule has 3 aromatic heterocycles. The predicted octanol–water partition coefficient (Wildman–Crippen LogP) is 7.22. The van der Waals surface area contributed by atoms with Crippen molar-refractivity contribution >= 4 is 49.0 Å². The highest BCUT2D eigenvalue weighted by atomic mass is 16.5. The third-order valence-electron chi connectivity index (χ3n) is 7.12.